The summed E-state index contributed by atoms with van der Waals surface area (Å²) in [5, 5.41) is 23.1. The molecule has 1 fully saturated rings. The fourth-order valence-corrected chi connectivity index (χ4v) is 2.37. The van der Waals surface area contributed by atoms with Gasteiger partial charge in [-0.1, -0.05) is 6.07 Å². The first-order chi connectivity index (χ1) is 9.65. The lowest BCUT2D eigenvalue weighted by Crippen LogP contribution is -2.28. The number of rotatable bonds is 8. The summed E-state index contributed by atoms with van der Waals surface area (Å²) < 4.78 is 0. The van der Waals surface area contributed by atoms with Crippen molar-refractivity contribution in [2.24, 2.45) is 0 Å². The molecule has 20 heavy (non-hydrogen) atoms. The van der Waals surface area contributed by atoms with E-state index in [0.29, 0.717) is 24.8 Å². The Labute approximate surface area is 118 Å². The normalized spacial score (nSPS) is 14.6. The van der Waals surface area contributed by atoms with Crippen molar-refractivity contribution in [2.75, 3.05) is 25.0 Å². The molecular weight excluding hydrogens is 258 g/mol. The topological polar surface area (TPSA) is 78.6 Å². The molecule has 0 aromatic heterocycles. The maximum atomic E-state index is 11.0. The van der Waals surface area contributed by atoms with Gasteiger partial charge in [0.05, 0.1) is 11.5 Å². The molecule has 0 spiro atoms. The van der Waals surface area contributed by atoms with Gasteiger partial charge in [-0.15, -0.1) is 0 Å². The second-order valence-electron chi connectivity index (χ2n) is 5.06. The van der Waals surface area contributed by atoms with E-state index in [4.69, 9.17) is 5.11 Å². The molecule has 6 heteroatoms. The van der Waals surface area contributed by atoms with E-state index in [9.17, 15) is 10.1 Å². The number of aliphatic hydroxyl groups is 1. The second-order valence-corrected chi connectivity index (χ2v) is 5.06. The summed E-state index contributed by atoms with van der Waals surface area (Å²) in [7, 11) is 0. The van der Waals surface area contributed by atoms with E-state index < -0.39 is 0 Å². The van der Waals surface area contributed by atoms with E-state index >= 15 is 0 Å². The van der Waals surface area contributed by atoms with Gasteiger partial charge in [-0.05, 0) is 31.4 Å². The molecule has 0 aliphatic heterocycles. The van der Waals surface area contributed by atoms with Crippen molar-refractivity contribution >= 4 is 11.4 Å². The minimum atomic E-state index is -0.367. The van der Waals surface area contributed by atoms with Crippen molar-refractivity contribution in [3.05, 3.63) is 33.9 Å². The molecule has 0 saturated heterocycles. The molecular formula is C14H21N3O3. The molecule has 1 aliphatic carbocycles. The second kappa shape index (κ2) is 6.67. The molecule has 1 aliphatic rings. The van der Waals surface area contributed by atoms with E-state index in [-0.39, 0.29) is 17.2 Å². The lowest BCUT2D eigenvalue weighted by atomic mass is 10.1. The monoisotopic (exact) mass is 279 g/mol. The zero-order chi connectivity index (χ0) is 14.5. The Balaban J connectivity index is 2.14. The molecule has 6 nitrogen and oxygen atoms in total. The number of aliphatic hydroxyl groups excluding tert-OH is 1. The summed E-state index contributed by atoms with van der Waals surface area (Å²) >= 11 is 0. The van der Waals surface area contributed by atoms with Crippen molar-refractivity contribution in [1.29, 1.82) is 0 Å². The largest absolute Gasteiger partial charge is 0.395 e. The molecule has 110 valence electrons. The van der Waals surface area contributed by atoms with Crippen molar-refractivity contribution in [3.8, 4) is 0 Å². The summed E-state index contributed by atoms with van der Waals surface area (Å²) in [5.74, 6) is 0. The zero-order valence-corrected chi connectivity index (χ0v) is 11.7. The molecule has 1 aromatic carbocycles. The van der Waals surface area contributed by atoms with Crippen LogP contribution in [-0.2, 0) is 6.54 Å². The highest BCUT2D eigenvalue weighted by Gasteiger charge is 2.28. The van der Waals surface area contributed by atoms with Gasteiger partial charge in [0, 0.05) is 31.7 Å². The average molecular weight is 279 g/mol. The SMILES string of the molecule is CCNc1cc(CN(CCO)C2CC2)ccc1[N+](=O)[O-]. The standard InChI is InChI=1S/C14H21N3O3/c1-2-15-13-9-11(3-6-14(13)17(19)20)10-16(7-8-18)12-4-5-12/h3,6,9,12,15,18H,2,4-5,7-8,10H2,1H3. The summed E-state index contributed by atoms with van der Waals surface area (Å²) in [6.07, 6.45) is 2.35. The first-order valence-corrected chi connectivity index (χ1v) is 7.01. The van der Waals surface area contributed by atoms with Crippen LogP contribution in [0.15, 0.2) is 18.2 Å². The lowest BCUT2D eigenvalue weighted by molar-refractivity contribution is -0.384. The summed E-state index contributed by atoms with van der Waals surface area (Å²) in [5.41, 5.74) is 1.71. The van der Waals surface area contributed by atoms with Gasteiger partial charge in [-0.3, -0.25) is 15.0 Å². The highest BCUT2D eigenvalue weighted by molar-refractivity contribution is 5.62. The van der Waals surface area contributed by atoms with Crippen LogP contribution < -0.4 is 5.32 Å². The van der Waals surface area contributed by atoms with Gasteiger partial charge < -0.3 is 10.4 Å². The quantitative estimate of drug-likeness (QED) is 0.562. The van der Waals surface area contributed by atoms with Crippen LogP contribution in [0.2, 0.25) is 0 Å². The van der Waals surface area contributed by atoms with Crippen LogP contribution in [0.3, 0.4) is 0 Å². The predicted octanol–water partition coefficient (Wildman–Crippen LogP) is 1.98. The Morgan fingerprint density at radius 2 is 2.25 bits per heavy atom. The Morgan fingerprint density at radius 1 is 1.50 bits per heavy atom. The van der Waals surface area contributed by atoms with Crippen LogP contribution in [-0.4, -0.2) is 40.7 Å². The minimum absolute atomic E-state index is 0.107. The van der Waals surface area contributed by atoms with Crippen molar-refractivity contribution < 1.29 is 10.0 Å². The molecule has 1 aromatic rings. The maximum absolute atomic E-state index is 11.0. The number of hydrogen-bond donors (Lipinski definition) is 2. The molecule has 0 heterocycles. The van der Waals surface area contributed by atoms with E-state index in [1.807, 2.05) is 13.0 Å². The summed E-state index contributed by atoms with van der Waals surface area (Å²) in [6.45, 7) is 4.08. The molecule has 0 bridgehead atoms. The Bertz CT molecular complexity index is 475. The van der Waals surface area contributed by atoms with Gasteiger partial charge in [-0.2, -0.15) is 0 Å². The number of benzene rings is 1. The number of anilines is 1. The average Bonchev–Trinajstić information content (AvgIpc) is 3.23. The van der Waals surface area contributed by atoms with Gasteiger partial charge >= 0.3 is 0 Å². The van der Waals surface area contributed by atoms with Gasteiger partial charge in [0.1, 0.15) is 5.69 Å². The van der Waals surface area contributed by atoms with E-state index in [0.717, 1.165) is 12.1 Å². The molecule has 0 radical (unpaired) electrons. The van der Waals surface area contributed by atoms with Crippen molar-refractivity contribution in [3.63, 3.8) is 0 Å². The predicted molar refractivity (Wildman–Crippen MR) is 77.8 cm³/mol. The van der Waals surface area contributed by atoms with Crippen molar-refractivity contribution in [2.45, 2.75) is 32.4 Å². The van der Waals surface area contributed by atoms with Gasteiger partial charge in [0.25, 0.3) is 5.69 Å². The van der Waals surface area contributed by atoms with Gasteiger partial charge in [0.2, 0.25) is 0 Å². The Hall–Kier alpha value is -1.66. The highest BCUT2D eigenvalue weighted by atomic mass is 16.6. The first-order valence-electron chi connectivity index (χ1n) is 7.01. The van der Waals surface area contributed by atoms with E-state index in [1.165, 1.54) is 12.8 Å². The molecule has 2 rings (SSSR count). The fraction of sp³-hybridized carbons (Fsp3) is 0.571. The van der Waals surface area contributed by atoms with Crippen LogP contribution in [0.25, 0.3) is 0 Å². The number of nitro groups is 1. The smallest absolute Gasteiger partial charge is 0.292 e. The Morgan fingerprint density at radius 3 is 2.80 bits per heavy atom. The van der Waals surface area contributed by atoms with Crippen LogP contribution in [0, 0.1) is 10.1 Å². The van der Waals surface area contributed by atoms with Crippen LogP contribution in [0.4, 0.5) is 11.4 Å². The molecule has 0 amide bonds. The Kier molecular flexibility index (Phi) is 4.92. The molecule has 2 N–H and O–H groups in total. The van der Waals surface area contributed by atoms with Gasteiger partial charge in [0.15, 0.2) is 0 Å². The number of nitrogens with zero attached hydrogens (tertiary/aromatic N) is 2. The van der Waals surface area contributed by atoms with Gasteiger partial charge in [-0.25, -0.2) is 0 Å². The third-order valence-electron chi connectivity index (χ3n) is 3.46. The fourth-order valence-electron chi connectivity index (χ4n) is 2.37. The molecule has 1 saturated carbocycles. The molecule has 0 atom stereocenters. The van der Waals surface area contributed by atoms with Crippen molar-refractivity contribution in [1.82, 2.24) is 4.90 Å². The summed E-state index contributed by atoms with van der Waals surface area (Å²) in [6, 6.07) is 5.75. The number of hydrogen-bond acceptors (Lipinski definition) is 5. The molecule has 0 unspecified atom stereocenters. The minimum Gasteiger partial charge on any atom is -0.395 e. The summed E-state index contributed by atoms with van der Waals surface area (Å²) in [4.78, 5) is 12.8. The van der Waals surface area contributed by atoms with Crippen LogP contribution >= 0.6 is 0 Å². The first kappa shape index (κ1) is 14.7. The number of nitrogens with one attached hydrogen (secondary N) is 1. The maximum Gasteiger partial charge on any atom is 0.292 e. The highest BCUT2D eigenvalue weighted by Crippen LogP contribution is 2.30. The zero-order valence-electron chi connectivity index (χ0n) is 11.7. The van der Waals surface area contributed by atoms with Crippen LogP contribution in [0.1, 0.15) is 25.3 Å². The third kappa shape index (κ3) is 3.68. The third-order valence-corrected chi connectivity index (χ3v) is 3.46. The lowest BCUT2D eigenvalue weighted by Gasteiger charge is -2.21. The van der Waals surface area contributed by atoms with E-state index in [1.54, 1.807) is 12.1 Å². The van der Waals surface area contributed by atoms with E-state index in [2.05, 4.69) is 10.2 Å². The van der Waals surface area contributed by atoms with Crippen LogP contribution in [0.5, 0.6) is 0 Å². The number of nitro benzene ring substituents is 1.